The predicted molar refractivity (Wildman–Crippen MR) is 85.3 cm³/mol. The van der Waals surface area contributed by atoms with Crippen molar-refractivity contribution >= 4 is 17.9 Å². The fourth-order valence-corrected chi connectivity index (χ4v) is 2.71. The Morgan fingerprint density at radius 2 is 2.17 bits per heavy atom. The molecule has 0 N–H and O–H groups in total. The quantitative estimate of drug-likeness (QED) is 0.840. The lowest BCUT2D eigenvalue weighted by atomic mass is 10.1. The Balaban J connectivity index is 1.81. The van der Waals surface area contributed by atoms with Gasteiger partial charge in [-0.15, -0.1) is 0 Å². The van der Waals surface area contributed by atoms with Crippen LogP contribution in [0.15, 0.2) is 23.8 Å². The van der Waals surface area contributed by atoms with Crippen LogP contribution in [0.5, 0.6) is 11.5 Å². The average molecular weight is 316 g/mol. The molecule has 23 heavy (non-hydrogen) atoms. The Bertz CT molecular complexity index is 669. The third-order valence-corrected chi connectivity index (χ3v) is 4.03. The third-order valence-electron chi connectivity index (χ3n) is 4.03. The zero-order chi connectivity index (χ0) is 16.4. The Kier molecular flexibility index (Phi) is 4.23. The molecule has 0 saturated carbocycles. The van der Waals surface area contributed by atoms with Crippen molar-refractivity contribution in [3.63, 3.8) is 0 Å². The number of hydrogen-bond acceptors (Lipinski definition) is 4. The topological polar surface area (TPSA) is 59.1 Å². The van der Waals surface area contributed by atoms with E-state index in [1.165, 1.54) is 0 Å². The largest absolute Gasteiger partial charge is 0.490 e. The lowest BCUT2D eigenvalue weighted by Crippen LogP contribution is -2.51. The van der Waals surface area contributed by atoms with E-state index in [4.69, 9.17) is 9.47 Å². The van der Waals surface area contributed by atoms with Crippen molar-refractivity contribution in [2.75, 3.05) is 39.9 Å². The minimum Gasteiger partial charge on any atom is -0.490 e. The van der Waals surface area contributed by atoms with Gasteiger partial charge in [-0.2, -0.15) is 0 Å². The number of hydrogen-bond donors (Lipinski definition) is 0. The van der Waals surface area contributed by atoms with Gasteiger partial charge in [0.2, 0.25) is 5.91 Å². The van der Waals surface area contributed by atoms with Gasteiger partial charge in [0.25, 0.3) is 5.91 Å². The van der Waals surface area contributed by atoms with Gasteiger partial charge in [0, 0.05) is 25.7 Å². The molecule has 1 aromatic rings. The zero-order valence-corrected chi connectivity index (χ0v) is 13.4. The Hall–Kier alpha value is -2.50. The summed E-state index contributed by atoms with van der Waals surface area (Å²) in [6.07, 6.45) is 1.83. The predicted octanol–water partition coefficient (Wildman–Crippen LogP) is 1.16. The molecule has 0 radical (unpaired) electrons. The van der Waals surface area contributed by atoms with Crippen LogP contribution in [-0.4, -0.2) is 61.5 Å². The molecule has 0 atom stereocenters. The molecule has 0 unspecified atom stereocenters. The van der Waals surface area contributed by atoms with E-state index in [0.29, 0.717) is 36.8 Å². The van der Waals surface area contributed by atoms with Crippen LogP contribution >= 0.6 is 0 Å². The summed E-state index contributed by atoms with van der Waals surface area (Å²) in [5.41, 5.74) is 1.38. The number of piperazine rings is 1. The van der Waals surface area contributed by atoms with Crippen LogP contribution in [-0.2, 0) is 9.59 Å². The summed E-state index contributed by atoms with van der Waals surface area (Å²) >= 11 is 0. The number of ether oxygens (including phenoxy) is 2. The van der Waals surface area contributed by atoms with Gasteiger partial charge < -0.3 is 19.3 Å². The first-order valence-electron chi connectivity index (χ1n) is 7.72. The average Bonchev–Trinajstić information content (AvgIpc) is 2.57. The minimum absolute atomic E-state index is 0.0408. The van der Waals surface area contributed by atoms with Crippen molar-refractivity contribution < 1.29 is 19.1 Å². The van der Waals surface area contributed by atoms with Crippen molar-refractivity contribution in [3.05, 3.63) is 29.3 Å². The highest BCUT2D eigenvalue weighted by molar-refractivity contribution is 6.01. The molecule has 0 spiro atoms. The molecule has 6 nitrogen and oxygen atoms in total. The van der Waals surface area contributed by atoms with Gasteiger partial charge in [-0.05, 0) is 19.1 Å². The molecule has 2 aliphatic heterocycles. The Morgan fingerprint density at radius 3 is 2.91 bits per heavy atom. The summed E-state index contributed by atoms with van der Waals surface area (Å²) in [6.45, 7) is 3.89. The first-order valence-corrected chi connectivity index (χ1v) is 7.72. The van der Waals surface area contributed by atoms with Crippen LogP contribution in [0.2, 0.25) is 0 Å². The maximum atomic E-state index is 12.6. The van der Waals surface area contributed by atoms with E-state index in [-0.39, 0.29) is 25.0 Å². The molecule has 1 saturated heterocycles. The van der Waals surface area contributed by atoms with Crippen molar-refractivity contribution in [1.82, 2.24) is 9.80 Å². The van der Waals surface area contributed by atoms with Gasteiger partial charge in [0.05, 0.1) is 12.2 Å². The van der Waals surface area contributed by atoms with Crippen LogP contribution in [0.25, 0.3) is 6.08 Å². The maximum Gasteiger partial charge on any atom is 0.253 e. The molecule has 2 aliphatic rings. The smallest absolute Gasteiger partial charge is 0.253 e. The SMILES string of the molecule is CCOc1cccc2c1OCC(C(=O)N1CCN(C)C(=O)C1)=C2. The number of para-hydroxylation sites is 1. The Morgan fingerprint density at radius 1 is 1.35 bits per heavy atom. The fraction of sp³-hybridized carbons (Fsp3) is 0.412. The van der Waals surface area contributed by atoms with Gasteiger partial charge in [0.1, 0.15) is 13.2 Å². The molecule has 1 fully saturated rings. The summed E-state index contributed by atoms with van der Waals surface area (Å²) in [5, 5.41) is 0. The van der Waals surface area contributed by atoms with Gasteiger partial charge in [0.15, 0.2) is 11.5 Å². The molecule has 6 heteroatoms. The monoisotopic (exact) mass is 316 g/mol. The highest BCUT2D eigenvalue weighted by Crippen LogP contribution is 2.36. The van der Waals surface area contributed by atoms with E-state index >= 15 is 0 Å². The molecule has 2 heterocycles. The van der Waals surface area contributed by atoms with E-state index in [0.717, 1.165) is 5.56 Å². The van der Waals surface area contributed by atoms with Crippen molar-refractivity contribution in [1.29, 1.82) is 0 Å². The summed E-state index contributed by atoms with van der Waals surface area (Å²) < 4.78 is 11.3. The van der Waals surface area contributed by atoms with Crippen molar-refractivity contribution in [2.24, 2.45) is 0 Å². The third kappa shape index (κ3) is 3.02. The highest BCUT2D eigenvalue weighted by Gasteiger charge is 2.29. The van der Waals surface area contributed by atoms with E-state index < -0.39 is 0 Å². The summed E-state index contributed by atoms with van der Waals surface area (Å²) in [5.74, 6) is 1.17. The summed E-state index contributed by atoms with van der Waals surface area (Å²) in [6, 6.07) is 5.61. The highest BCUT2D eigenvalue weighted by atomic mass is 16.5. The molecule has 2 amide bonds. The molecular formula is C17H20N2O4. The number of benzene rings is 1. The minimum atomic E-state index is -0.140. The van der Waals surface area contributed by atoms with Crippen molar-refractivity contribution in [2.45, 2.75) is 6.92 Å². The van der Waals surface area contributed by atoms with Gasteiger partial charge in [-0.1, -0.05) is 12.1 Å². The Labute approximate surface area is 135 Å². The number of rotatable bonds is 3. The number of carbonyl (C=O) groups is 2. The normalized spacial score (nSPS) is 17.3. The maximum absolute atomic E-state index is 12.6. The number of carbonyl (C=O) groups excluding carboxylic acids is 2. The summed E-state index contributed by atoms with van der Waals surface area (Å²) in [4.78, 5) is 27.6. The lowest BCUT2D eigenvalue weighted by Gasteiger charge is -2.33. The molecular weight excluding hydrogens is 296 g/mol. The van der Waals surface area contributed by atoms with E-state index in [2.05, 4.69) is 0 Å². The fourth-order valence-electron chi connectivity index (χ4n) is 2.71. The second-order valence-electron chi connectivity index (χ2n) is 5.61. The molecule has 3 rings (SSSR count). The van der Waals surface area contributed by atoms with Crippen molar-refractivity contribution in [3.8, 4) is 11.5 Å². The van der Waals surface area contributed by atoms with Crippen LogP contribution < -0.4 is 9.47 Å². The number of amides is 2. The van der Waals surface area contributed by atoms with Gasteiger partial charge in [-0.3, -0.25) is 9.59 Å². The molecule has 122 valence electrons. The van der Waals surface area contributed by atoms with Crippen LogP contribution in [0.1, 0.15) is 12.5 Å². The molecule has 0 bridgehead atoms. The number of likely N-dealkylation sites (N-methyl/N-ethyl adjacent to an activating group) is 1. The number of fused-ring (bicyclic) bond motifs is 1. The van der Waals surface area contributed by atoms with Crippen LogP contribution in [0.3, 0.4) is 0 Å². The number of nitrogens with zero attached hydrogens (tertiary/aromatic N) is 2. The lowest BCUT2D eigenvalue weighted by molar-refractivity contribution is -0.142. The molecule has 1 aromatic carbocycles. The second kappa shape index (κ2) is 6.32. The van der Waals surface area contributed by atoms with E-state index in [1.807, 2.05) is 31.2 Å². The van der Waals surface area contributed by atoms with Crippen LogP contribution in [0, 0.1) is 0 Å². The first-order chi connectivity index (χ1) is 11.1. The van der Waals surface area contributed by atoms with Gasteiger partial charge >= 0.3 is 0 Å². The first kappa shape index (κ1) is 15.4. The molecule has 0 aromatic heterocycles. The van der Waals surface area contributed by atoms with E-state index in [1.54, 1.807) is 16.8 Å². The molecule has 0 aliphatic carbocycles. The zero-order valence-electron chi connectivity index (χ0n) is 13.4. The standard InChI is InChI=1S/C17H20N2O4/c1-3-22-14-6-4-5-12-9-13(11-23-16(12)14)17(21)19-8-7-18(2)15(20)10-19/h4-6,9H,3,7-8,10-11H2,1-2H3. The van der Waals surface area contributed by atoms with Crippen LogP contribution in [0.4, 0.5) is 0 Å². The van der Waals surface area contributed by atoms with Gasteiger partial charge in [-0.25, -0.2) is 0 Å². The summed E-state index contributed by atoms with van der Waals surface area (Å²) in [7, 11) is 1.75. The second-order valence-corrected chi connectivity index (χ2v) is 5.61. The van der Waals surface area contributed by atoms with E-state index in [9.17, 15) is 9.59 Å².